The van der Waals surface area contributed by atoms with Crippen molar-refractivity contribution in [1.82, 2.24) is 20.9 Å². The summed E-state index contributed by atoms with van der Waals surface area (Å²) in [7, 11) is -3.40. The summed E-state index contributed by atoms with van der Waals surface area (Å²) in [5.74, 6) is -3.37. The highest BCUT2D eigenvalue weighted by Gasteiger charge is 2.56. The number of carbonyl (C=O) groups excluding carboxylic acids is 5. The number of ether oxygens (including phenoxy) is 1. The van der Waals surface area contributed by atoms with Crippen molar-refractivity contribution in [2.45, 2.75) is 139 Å². The van der Waals surface area contributed by atoms with Crippen LogP contribution in [0.5, 0.6) is 0 Å². The van der Waals surface area contributed by atoms with Crippen LogP contribution < -0.4 is 21.7 Å². The van der Waals surface area contributed by atoms with E-state index in [1.807, 2.05) is 13.8 Å². The minimum atomic E-state index is -3.40. The van der Waals surface area contributed by atoms with E-state index in [9.17, 15) is 32.4 Å². The van der Waals surface area contributed by atoms with E-state index in [0.29, 0.717) is 25.7 Å². The Bertz CT molecular complexity index is 1340. The third-order valence-corrected chi connectivity index (χ3v) is 12.0. The Hall–Kier alpha value is -2.74. The van der Waals surface area contributed by atoms with Crippen LogP contribution in [-0.2, 0) is 33.8 Å². The minimum Gasteiger partial charge on any atom is -0.370 e. The number of hydrogen-bond donors (Lipinski definition) is 4. The second-order valence-electron chi connectivity index (χ2n) is 15.6. The van der Waals surface area contributed by atoms with Gasteiger partial charge in [-0.3, -0.25) is 19.2 Å². The van der Waals surface area contributed by atoms with Gasteiger partial charge >= 0.3 is 6.03 Å². The fraction of sp³-hybridized carbons (Fsp3) is 0.848. The number of nitrogens with two attached hydrogens (primary N) is 1. The lowest BCUT2D eigenvalue weighted by Crippen LogP contribution is -2.62. The number of fused-ring (bicyclic) bond motifs is 1. The highest BCUT2D eigenvalue weighted by molar-refractivity contribution is 7.90. The van der Waals surface area contributed by atoms with Gasteiger partial charge in [0.05, 0.1) is 29.0 Å². The molecule has 3 saturated carbocycles. The van der Waals surface area contributed by atoms with Crippen LogP contribution in [0.25, 0.3) is 0 Å². The number of Topliss-reactive ketones (excluding diaryl/α,β-unsaturated/α-hetero) is 1. The van der Waals surface area contributed by atoms with Gasteiger partial charge in [0, 0.05) is 18.7 Å². The van der Waals surface area contributed by atoms with Crippen LogP contribution in [0.4, 0.5) is 4.79 Å². The summed E-state index contributed by atoms with van der Waals surface area (Å²) in [6, 6.07) is -3.57. The van der Waals surface area contributed by atoms with Crippen molar-refractivity contribution in [3.63, 3.8) is 0 Å². The predicted octanol–water partition coefficient (Wildman–Crippen LogP) is 1.72. The Labute approximate surface area is 278 Å². The van der Waals surface area contributed by atoms with Gasteiger partial charge in [-0.05, 0) is 64.2 Å². The Morgan fingerprint density at radius 2 is 1.57 bits per heavy atom. The first-order valence-electron chi connectivity index (χ1n) is 17.5. The Kier molecular flexibility index (Phi) is 10.6. The molecule has 5 N–H and O–H groups in total. The molecular weight excluding hydrogens is 626 g/mol. The van der Waals surface area contributed by atoms with Crippen LogP contribution in [0.1, 0.15) is 104 Å². The first-order chi connectivity index (χ1) is 22.1. The lowest BCUT2D eigenvalue weighted by molar-refractivity contribution is -0.144. The molecule has 2 aliphatic heterocycles. The molecule has 0 aromatic carbocycles. The van der Waals surface area contributed by atoms with Gasteiger partial charge in [0.1, 0.15) is 21.9 Å². The van der Waals surface area contributed by atoms with Crippen LogP contribution >= 0.6 is 0 Å². The number of likely N-dealkylation sites (tertiary alicyclic amines) is 1. The number of nitrogens with zero attached hydrogens (tertiary/aromatic N) is 1. The molecule has 5 fully saturated rings. The molecule has 5 rings (SSSR count). The maximum absolute atomic E-state index is 14.6. The van der Waals surface area contributed by atoms with Gasteiger partial charge in [0.25, 0.3) is 5.91 Å². The summed E-state index contributed by atoms with van der Waals surface area (Å²) in [6.45, 7) is 4.02. The fourth-order valence-corrected chi connectivity index (χ4v) is 10.0. The molecule has 264 valence electrons. The molecule has 0 bridgehead atoms. The molecule has 2 unspecified atom stereocenters. The molecule has 0 aromatic heterocycles. The highest BCUT2D eigenvalue weighted by Crippen LogP contribution is 2.44. The maximum Gasteiger partial charge on any atom is 0.315 e. The number of urea groups is 1. The Balaban J connectivity index is 1.40. The van der Waals surface area contributed by atoms with Crippen molar-refractivity contribution in [1.29, 1.82) is 0 Å². The summed E-state index contributed by atoms with van der Waals surface area (Å²) < 4.78 is 31.0. The number of hydrogen-bond acceptors (Lipinski definition) is 8. The predicted molar refractivity (Wildman–Crippen MR) is 174 cm³/mol. The molecule has 5 aliphatic rings. The zero-order chi connectivity index (χ0) is 34.1. The number of primary amides is 1. The molecule has 47 heavy (non-hydrogen) atoms. The van der Waals surface area contributed by atoms with E-state index < -0.39 is 74.7 Å². The molecule has 13 nitrogen and oxygen atoms in total. The van der Waals surface area contributed by atoms with Gasteiger partial charge in [0.2, 0.25) is 17.6 Å². The Morgan fingerprint density at radius 3 is 2.17 bits per heavy atom. The number of rotatable bonds is 12. The standard InChI is InChI=1S/C33H53N5O8S/c1-32(2)17-22-24(46-32)18-38(26(22)29(41)35-23(16-20-12-13-20)27(39)28(34)40)30(42)25(21-10-6-4-7-11-21)36-31(43)37-33(19-47(3,44)45)14-8-5-9-15-33/h20-26H,4-19H2,1-3H3,(H2,34,40)(H,35,41)(H2,36,37,43)/t22?,23?,24-,25-,26-/m0/s1. The molecule has 2 saturated heterocycles. The van der Waals surface area contributed by atoms with E-state index in [0.717, 1.165) is 64.2 Å². The third kappa shape index (κ3) is 8.84. The molecule has 14 heteroatoms. The second kappa shape index (κ2) is 14.0. The van der Waals surface area contributed by atoms with Crippen molar-refractivity contribution in [3.05, 3.63) is 0 Å². The van der Waals surface area contributed by atoms with Crippen molar-refractivity contribution in [2.24, 2.45) is 23.5 Å². The van der Waals surface area contributed by atoms with Crippen molar-refractivity contribution in [2.75, 3.05) is 18.6 Å². The third-order valence-electron chi connectivity index (χ3n) is 10.9. The maximum atomic E-state index is 14.6. The number of amides is 5. The largest absolute Gasteiger partial charge is 0.370 e. The molecule has 0 radical (unpaired) electrons. The summed E-state index contributed by atoms with van der Waals surface area (Å²) in [5, 5.41) is 8.70. The molecular formula is C33H53N5O8S. The first-order valence-corrected chi connectivity index (χ1v) is 19.5. The highest BCUT2D eigenvalue weighted by atomic mass is 32.2. The average molecular weight is 680 g/mol. The number of nitrogens with one attached hydrogen (secondary N) is 3. The minimum absolute atomic E-state index is 0.145. The lowest BCUT2D eigenvalue weighted by atomic mass is 9.82. The topological polar surface area (TPSA) is 194 Å². The van der Waals surface area contributed by atoms with Crippen molar-refractivity contribution >= 4 is 39.4 Å². The van der Waals surface area contributed by atoms with E-state index in [-0.39, 0.29) is 30.1 Å². The van der Waals surface area contributed by atoms with Crippen LogP contribution in [-0.4, -0.2) is 96.8 Å². The quantitative estimate of drug-likeness (QED) is 0.224. The van der Waals surface area contributed by atoms with E-state index in [1.165, 1.54) is 11.2 Å². The lowest BCUT2D eigenvalue weighted by Gasteiger charge is -2.39. The number of carbonyl (C=O) groups is 5. The van der Waals surface area contributed by atoms with Gasteiger partial charge in [-0.25, -0.2) is 13.2 Å². The zero-order valence-electron chi connectivity index (χ0n) is 28.1. The molecule has 0 aromatic rings. The number of sulfone groups is 1. The monoisotopic (exact) mass is 679 g/mol. The van der Waals surface area contributed by atoms with Crippen LogP contribution in [0.3, 0.4) is 0 Å². The molecule has 5 atom stereocenters. The zero-order valence-corrected chi connectivity index (χ0v) is 28.9. The van der Waals surface area contributed by atoms with Gasteiger partial charge in [-0.1, -0.05) is 51.4 Å². The van der Waals surface area contributed by atoms with Crippen LogP contribution in [0, 0.1) is 17.8 Å². The molecule has 0 spiro atoms. The molecule has 3 aliphatic carbocycles. The van der Waals surface area contributed by atoms with Gasteiger partial charge in [-0.15, -0.1) is 0 Å². The van der Waals surface area contributed by atoms with E-state index in [4.69, 9.17) is 10.5 Å². The van der Waals surface area contributed by atoms with E-state index >= 15 is 0 Å². The SMILES string of the molecule is CC1(C)CC2[C@H](CN(C(=O)[C@@H](NC(=O)NC3(CS(C)(=O)=O)CCCCC3)C3CCCCC3)[C@@H]2C(=O)NC(CC2CC2)C(=O)C(N)=O)O1. The fourth-order valence-electron chi connectivity index (χ4n) is 8.66. The second-order valence-corrected chi connectivity index (χ2v) is 17.7. The smallest absolute Gasteiger partial charge is 0.315 e. The van der Waals surface area contributed by atoms with Crippen LogP contribution in [0.15, 0.2) is 0 Å². The van der Waals surface area contributed by atoms with E-state index in [1.54, 1.807) is 0 Å². The van der Waals surface area contributed by atoms with Gasteiger partial charge in [0.15, 0.2) is 0 Å². The first kappa shape index (κ1) is 35.6. The average Bonchev–Trinajstić information content (AvgIpc) is 3.67. The number of ketones is 1. The van der Waals surface area contributed by atoms with Gasteiger partial charge in [-0.2, -0.15) is 0 Å². The molecule has 5 amide bonds. The van der Waals surface area contributed by atoms with Crippen LogP contribution in [0.2, 0.25) is 0 Å². The summed E-state index contributed by atoms with van der Waals surface area (Å²) >= 11 is 0. The Morgan fingerprint density at radius 1 is 0.936 bits per heavy atom. The molecule has 2 heterocycles. The van der Waals surface area contributed by atoms with E-state index in [2.05, 4.69) is 16.0 Å². The summed E-state index contributed by atoms with van der Waals surface area (Å²) in [4.78, 5) is 68.5. The van der Waals surface area contributed by atoms with Gasteiger partial charge < -0.3 is 31.3 Å². The summed E-state index contributed by atoms with van der Waals surface area (Å²) in [5.41, 5.74) is 3.90. The summed E-state index contributed by atoms with van der Waals surface area (Å²) in [6.07, 6.45) is 11.3. The van der Waals surface area contributed by atoms with Crippen molar-refractivity contribution < 1.29 is 37.1 Å². The normalized spacial score (nSPS) is 28.5. The van der Waals surface area contributed by atoms with Crippen molar-refractivity contribution in [3.8, 4) is 0 Å².